The number of aliphatic hydroxyl groups excluding tert-OH is 1. The van der Waals surface area contributed by atoms with Gasteiger partial charge in [0.25, 0.3) is 5.91 Å². The number of rotatable bonds is 8. The Morgan fingerprint density at radius 1 is 1.16 bits per heavy atom. The van der Waals surface area contributed by atoms with Crippen LogP contribution in [0.2, 0.25) is 0 Å². The Balaban J connectivity index is 1.67. The molecule has 0 unspecified atom stereocenters. The summed E-state index contributed by atoms with van der Waals surface area (Å²) in [6.45, 7) is 7.33. The molecule has 4 rings (SSSR count). The van der Waals surface area contributed by atoms with Crippen LogP contribution in [0.15, 0.2) is 54.6 Å². The van der Waals surface area contributed by atoms with E-state index in [0.717, 1.165) is 37.0 Å². The van der Waals surface area contributed by atoms with Gasteiger partial charge in [-0.2, -0.15) is 0 Å². The zero-order valence-electron chi connectivity index (χ0n) is 19.1. The lowest BCUT2D eigenvalue weighted by Gasteiger charge is -2.38. The van der Waals surface area contributed by atoms with E-state index in [1.807, 2.05) is 47.4 Å². The highest BCUT2D eigenvalue weighted by molar-refractivity contribution is 5.95. The minimum Gasteiger partial charge on any atom is -0.396 e. The molecule has 1 amide bonds. The number of aliphatic hydroxyl groups is 1. The van der Waals surface area contributed by atoms with E-state index < -0.39 is 0 Å². The summed E-state index contributed by atoms with van der Waals surface area (Å²) in [5, 5.41) is 13.1. The van der Waals surface area contributed by atoms with Crippen LogP contribution in [0.5, 0.6) is 0 Å². The second kappa shape index (κ2) is 10.3. The first-order valence-corrected chi connectivity index (χ1v) is 11.7. The lowest BCUT2D eigenvalue weighted by molar-refractivity contribution is 0.0537. The summed E-state index contributed by atoms with van der Waals surface area (Å²) in [4.78, 5) is 20.7. The van der Waals surface area contributed by atoms with Crippen molar-refractivity contribution in [2.45, 2.75) is 39.3 Å². The van der Waals surface area contributed by atoms with E-state index >= 15 is 0 Å². The third kappa shape index (κ3) is 5.03. The van der Waals surface area contributed by atoms with E-state index in [4.69, 9.17) is 4.98 Å². The largest absolute Gasteiger partial charge is 0.396 e. The van der Waals surface area contributed by atoms with Gasteiger partial charge in [-0.25, -0.2) is 4.98 Å². The number of fused-ring (bicyclic) bond motifs is 1. The zero-order valence-corrected chi connectivity index (χ0v) is 19.1. The van der Waals surface area contributed by atoms with Gasteiger partial charge in [-0.05, 0) is 42.4 Å². The van der Waals surface area contributed by atoms with E-state index in [2.05, 4.69) is 35.9 Å². The number of aromatic nitrogens is 2. The van der Waals surface area contributed by atoms with Crippen LogP contribution in [0, 0.1) is 11.8 Å². The lowest BCUT2D eigenvalue weighted by atomic mass is 9.94. The van der Waals surface area contributed by atoms with Crippen LogP contribution in [0.3, 0.4) is 0 Å². The highest BCUT2D eigenvalue weighted by Gasteiger charge is 2.32. The molecular weight excluding hydrogens is 400 g/mol. The predicted molar refractivity (Wildman–Crippen MR) is 128 cm³/mol. The molecule has 1 aliphatic heterocycles. The molecule has 3 aromatic rings. The summed E-state index contributed by atoms with van der Waals surface area (Å²) >= 11 is 0. The molecule has 0 aliphatic carbocycles. The average molecular weight is 435 g/mol. The van der Waals surface area contributed by atoms with Crippen LogP contribution < -0.4 is 5.32 Å². The summed E-state index contributed by atoms with van der Waals surface area (Å²) in [5.74, 6) is 1.01. The van der Waals surface area contributed by atoms with Gasteiger partial charge in [-0.3, -0.25) is 4.79 Å². The van der Waals surface area contributed by atoms with Crippen molar-refractivity contribution >= 4 is 16.9 Å². The monoisotopic (exact) mass is 434 g/mol. The van der Waals surface area contributed by atoms with Crippen LogP contribution in [0.1, 0.15) is 36.5 Å². The van der Waals surface area contributed by atoms with Crippen molar-refractivity contribution in [1.29, 1.82) is 0 Å². The number of hydrogen-bond acceptors (Lipinski definition) is 4. The van der Waals surface area contributed by atoms with Gasteiger partial charge in [0, 0.05) is 38.8 Å². The van der Waals surface area contributed by atoms with Gasteiger partial charge >= 0.3 is 0 Å². The third-order valence-electron chi connectivity index (χ3n) is 6.25. The van der Waals surface area contributed by atoms with Gasteiger partial charge in [0.05, 0.1) is 11.0 Å². The molecule has 0 bridgehead atoms. The fraction of sp³-hybridized carbons (Fsp3) is 0.462. The van der Waals surface area contributed by atoms with Crippen molar-refractivity contribution in [1.82, 2.24) is 19.8 Å². The second-order valence-corrected chi connectivity index (χ2v) is 9.26. The van der Waals surface area contributed by atoms with Crippen molar-refractivity contribution in [2.24, 2.45) is 11.8 Å². The van der Waals surface area contributed by atoms with E-state index in [0.29, 0.717) is 24.8 Å². The molecule has 0 spiro atoms. The molecule has 2 atom stereocenters. The van der Waals surface area contributed by atoms with Gasteiger partial charge < -0.3 is 19.9 Å². The number of amides is 1. The van der Waals surface area contributed by atoms with Crippen molar-refractivity contribution in [3.8, 4) is 0 Å². The fourth-order valence-electron chi connectivity index (χ4n) is 4.65. The highest BCUT2D eigenvalue weighted by Crippen LogP contribution is 2.23. The maximum absolute atomic E-state index is 13.9. The summed E-state index contributed by atoms with van der Waals surface area (Å²) in [7, 11) is 0. The number of para-hydroxylation sites is 2. The van der Waals surface area contributed by atoms with Gasteiger partial charge in [0.1, 0.15) is 0 Å². The fourth-order valence-corrected chi connectivity index (χ4v) is 4.65. The maximum Gasteiger partial charge on any atom is 0.290 e. The second-order valence-electron chi connectivity index (χ2n) is 9.26. The standard InChI is InChI=1S/C26H34N4O2/c1-19(2)17-30(22-14-21(18-31)15-27-16-22)26(32)25-28-23-10-6-7-11-24(23)29(25)13-12-20-8-4-3-5-9-20/h3-11,19,21-22,27,31H,12-18H2,1-2H3/t21-,22+/m1/s1. The maximum atomic E-state index is 13.9. The normalized spacial score (nSPS) is 18.9. The Hall–Kier alpha value is -2.70. The number of carbonyl (C=O) groups excluding carboxylic acids is 1. The summed E-state index contributed by atoms with van der Waals surface area (Å²) in [5.41, 5.74) is 3.08. The Bertz CT molecular complexity index is 1030. The number of imidazole rings is 1. The van der Waals surface area contributed by atoms with Crippen LogP contribution in [-0.4, -0.2) is 57.7 Å². The smallest absolute Gasteiger partial charge is 0.290 e. The molecule has 6 heteroatoms. The molecule has 1 fully saturated rings. The first-order chi connectivity index (χ1) is 15.6. The quantitative estimate of drug-likeness (QED) is 0.570. The van der Waals surface area contributed by atoms with Crippen LogP contribution >= 0.6 is 0 Å². The summed E-state index contributed by atoms with van der Waals surface area (Å²) < 4.78 is 2.08. The predicted octanol–water partition coefficient (Wildman–Crippen LogP) is 3.35. The van der Waals surface area contributed by atoms with Gasteiger partial charge in [0.2, 0.25) is 0 Å². The molecule has 0 saturated carbocycles. The number of benzene rings is 2. The SMILES string of the molecule is CC(C)CN(C(=O)c1nc2ccccc2n1CCc1ccccc1)[C@@H]1CNC[C@H](CO)C1. The average Bonchev–Trinajstić information content (AvgIpc) is 3.20. The molecule has 1 saturated heterocycles. The van der Waals surface area contributed by atoms with E-state index in [1.165, 1.54) is 5.56 Å². The first-order valence-electron chi connectivity index (χ1n) is 11.7. The molecule has 1 aliphatic rings. The topological polar surface area (TPSA) is 70.4 Å². The molecule has 6 nitrogen and oxygen atoms in total. The third-order valence-corrected chi connectivity index (χ3v) is 6.25. The molecule has 170 valence electrons. The summed E-state index contributed by atoms with van der Waals surface area (Å²) in [6, 6.07) is 18.4. The van der Waals surface area contributed by atoms with E-state index in [9.17, 15) is 9.90 Å². The van der Waals surface area contributed by atoms with E-state index in [-0.39, 0.29) is 24.5 Å². The Labute approximate surface area is 190 Å². The number of piperidine rings is 1. The van der Waals surface area contributed by atoms with Crippen molar-refractivity contribution in [3.63, 3.8) is 0 Å². The Morgan fingerprint density at radius 2 is 1.91 bits per heavy atom. The van der Waals surface area contributed by atoms with Crippen molar-refractivity contribution in [2.75, 3.05) is 26.2 Å². The minimum atomic E-state index is -0.0200. The van der Waals surface area contributed by atoms with Crippen LogP contribution in [-0.2, 0) is 13.0 Å². The van der Waals surface area contributed by atoms with E-state index in [1.54, 1.807) is 0 Å². The molecule has 2 aromatic carbocycles. The van der Waals surface area contributed by atoms with Gasteiger partial charge in [0.15, 0.2) is 5.82 Å². The Kier molecular flexibility index (Phi) is 7.22. The van der Waals surface area contributed by atoms with Gasteiger partial charge in [-0.1, -0.05) is 56.3 Å². The minimum absolute atomic E-state index is 0.0200. The molecule has 32 heavy (non-hydrogen) atoms. The lowest BCUT2D eigenvalue weighted by Crippen LogP contribution is -2.53. The molecule has 1 aromatic heterocycles. The van der Waals surface area contributed by atoms with Crippen molar-refractivity contribution < 1.29 is 9.90 Å². The van der Waals surface area contributed by atoms with Gasteiger partial charge in [-0.15, -0.1) is 0 Å². The number of nitrogens with zero attached hydrogens (tertiary/aromatic N) is 3. The molecular formula is C26H34N4O2. The zero-order chi connectivity index (χ0) is 22.5. The van der Waals surface area contributed by atoms with Crippen LogP contribution in [0.4, 0.5) is 0 Å². The molecule has 2 heterocycles. The van der Waals surface area contributed by atoms with Crippen LogP contribution in [0.25, 0.3) is 11.0 Å². The van der Waals surface area contributed by atoms with Crippen molar-refractivity contribution in [3.05, 3.63) is 66.0 Å². The number of nitrogens with one attached hydrogen (secondary N) is 1. The summed E-state index contributed by atoms with van der Waals surface area (Å²) in [6.07, 6.45) is 1.65. The molecule has 2 N–H and O–H groups in total. The highest BCUT2D eigenvalue weighted by atomic mass is 16.3. The number of aryl methyl sites for hydroxylation is 2. The Morgan fingerprint density at radius 3 is 2.66 bits per heavy atom. The number of hydrogen-bond donors (Lipinski definition) is 2. The number of carbonyl (C=O) groups is 1. The first kappa shape index (κ1) is 22.5. The molecule has 0 radical (unpaired) electrons.